The smallest absolute Gasteiger partial charge is 0.211 e. The maximum Gasteiger partial charge on any atom is 0.211 e. The monoisotopic (exact) mass is 510 g/mol. The zero-order valence-electron chi connectivity index (χ0n) is 19.6. The van der Waals surface area contributed by atoms with E-state index in [1.807, 2.05) is 30.3 Å². The lowest BCUT2D eigenvalue weighted by Crippen LogP contribution is -2.42. The van der Waals surface area contributed by atoms with Gasteiger partial charge in [-0.3, -0.25) is 0 Å². The summed E-state index contributed by atoms with van der Waals surface area (Å²) in [6.45, 7) is 0.429. The molecule has 8 heteroatoms. The van der Waals surface area contributed by atoms with Crippen LogP contribution in [-0.4, -0.2) is 42.2 Å². The van der Waals surface area contributed by atoms with Crippen molar-refractivity contribution in [2.75, 3.05) is 6.26 Å². The molecule has 1 aliphatic heterocycles. The number of nitrogens with zero attached hydrogens (tertiary/aromatic N) is 1. The number of hydrogen-bond donors (Lipinski definition) is 2. The Kier molecular flexibility index (Phi) is 9.52. The molecule has 4 rings (SSSR count). The molecule has 188 valence electrons. The molecule has 2 N–H and O–H groups in total. The lowest BCUT2D eigenvalue weighted by molar-refractivity contribution is 0.132. The van der Waals surface area contributed by atoms with Crippen LogP contribution in [-0.2, 0) is 16.6 Å². The van der Waals surface area contributed by atoms with Gasteiger partial charge in [0, 0.05) is 24.7 Å². The Morgan fingerprint density at radius 3 is 2.38 bits per heavy atom. The van der Waals surface area contributed by atoms with Gasteiger partial charge in [0.15, 0.2) is 0 Å². The molecule has 0 spiro atoms. The number of sulfonamides is 1. The van der Waals surface area contributed by atoms with Gasteiger partial charge in [-0.1, -0.05) is 42.5 Å². The third-order valence-electron chi connectivity index (χ3n) is 7.30. The average molecular weight is 511 g/mol. The highest BCUT2D eigenvalue weighted by Crippen LogP contribution is 2.35. The van der Waals surface area contributed by atoms with Gasteiger partial charge in [-0.05, 0) is 74.1 Å². The third kappa shape index (κ3) is 7.01. The normalized spacial score (nSPS) is 26.2. The molecular weight excluding hydrogens is 475 g/mol. The van der Waals surface area contributed by atoms with E-state index in [1.165, 1.54) is 18.4 Å². The Hall–Kier alpha value is -1.51. The molecule has 2 aromatic carbocycles. The summed E-state index contributed by atoms with van der Waals surface area (Å²) in [5, 5.41) is 14.2. The fourth-order valence-electron chi connectivity index (χ4n) is 5.56. The molecular formula is C26H36ClFN2O3S. The number of hydrogen-bond acceptors (Lipinski definition) is 4. The lowest BCUT2D eigenvalue weighted by Gasteiger charge is -2.36. The van der Waals surface area contributed by atoms with Crippen LogP contribution in [0.25, 0.3) is 0 Å². The van der Waals surface area contributed by atoms with Gasteiger partial charge in [-0.15, -0.1) is 12.4 Å². The second-order valence-corrected chi connectivity index (χ2v) is 11.7. The van der Waals surface area contributed by atoms with Crippen LogP contribution >= 0.6 is 12.4 Å². The minimum atomic E-state index is -3.28. The first kappa shape index (κ1) is 27.1. The van der Waals surface area contributed by atoms with E-state index >= 15 is 0 Å². The fraction of sp³-hybridized carbons (Fsp3) is 0.538. The summed E-state index contributed by atoms with van der Waals surface area (Å²) in [7, 11) is -3.28. The first-order valence-corrected chi connectivity index (χ1v) is 13.8. The molecule has 2 aliphatic rings. The van der Waals surface area contributed by atoms with E-state index in [4.69, 9.17) is 0 Å². The van der Waals surface area contributed by atoms with E-state index in [2.05, 4.69) is 5.32 Å². The molecule has 0 amide bonds. The molecule has 34 heavy (non-hydrogen) atoms. The van der Waals surface area contributed by atoms with Gasteiger partial charge in [0.2, 0.25) is 10.0 Å². The minimum absolute atomic E-state index is 0. The van der Waals surface area contributed by atoms with Crippen molar-refractivity contribution >= 4 is 22.4 Å². The number of rotatable bonds is 8. The largest absolute Gasteiger partial charge is 0.387 e. The minimum Gasteiger partial charge on any atom is -0.387 e. The predicted molar refractivity (Wildman–Crippen MR) is 136 cm³/mol. The van der Waals surface area contributed by atoms with Crippen molar-refractivity contribution in [2.24, 2.45) is 5.92 Å². The van der Waals surface area contributed by atoms with Crippen molar-refractivity contribution in [3.63, 3.8) is 0 Å². The summed E-state index contributed by atoms with van der Waals surface area (Å²) in [6.07, 6.45) is 7.31. The molecule has 1 saturated carbocycles. The van der Waals surface area contributed by atoms with Gasteiger partial charge >= 0.3 is 0 Å². The number of benzene rings is 2. The first-order chi connectivity index (χ1) is 15.8. The molecule has 0 bridgehead atoms. The zero-order valence-corrected chi connectivity index (χ0v) is 21.3. The standard InChI is InChI=1S/C26H35FN2O3S.ClH/c1-33(31,32)29(18-20-6-3-2-4-7-20)24-13-10-19(11-14-24)16-23-12-15-25(28-23)26(30)21-8-5-9-22(27)17-21;/h2-9,17,19,23-26,28,30H,10-16,18H2,1H3;1H/t19?,23-,24?,25+,26+;/m0./s1. The number of nitrogens with one attached hydrogen (secondary N) is 1. The Labute approximate surface area is 209 Å². The van der Waals surface area contributed by atoms with Crippen LogP contribution in [0, 0.1) is 11.7 Å². The molecule has 2 aromatic rings. The summed E-state index contributed by atoms with van der Waals surface area (Å²) in [5.41, 5.74) is 1.64. The molecule has 0 aromatic heterocycles. The predicted octanol–water partition coefficient (Wildman–Crippen LogP) is 4.81. The van der Waals surface area contributed by atoms with Crippen LogP contribution in [0.3, 0.4) is 0 Å². The molecule has 0 unspecified atom stereocenters. The molecule has 5 nitrogen and oxygen atoms in total. The highest BCUT2D eigenvalue weighted by molar-refractivity contribution is 7.88. The van der Waals surface area contributed by atoms with Gasteiger partial charge < -0.3 is 10.4 Å². The molecule has 2 fully saturated rings. The van der Waals surface area contributed by atoms with Crippen molar-refractivity contribution in [3.05, 3.63) is 71.5 Å². The third-order valence-corrected chi connectivity index (χ3v) is 8.58. The lowest BCUT2D eigenvalue weighted by atomic mass is 9.82. The highest BCUT2D eigenvalue weighted by atomic mass is 35.5. The van der Waals surface area contributed by atoms with Crippen molar-refractivity contribution in [2.45, 2.75) is 75.7 Å². The molecule has 1 heterocycles. The first-order valence-electron chi connectivity index (χ1n) is 12.0. The van der Waals surface area contributed by atoms with Crippen molar-refractivity contribution in [1.29, 1.82) is 0 Å². The van der Waals surface area contributed by atoms with Gasteiger partial charge in [-0.25, -0.2) is 12.8 Å². The van der Waals surface area contributed by atoms with E-state index in [0.717, 1.165) is 50.5 Å². The molecule has 0 radical (unpaired) electrons. The number of aliphatic hydroxyl groups is 1. The van der Waals surface area contributed by atoms with Crippen molar-refractivity contribution in [1.82, 2.24) is 9.62 Å². The SMILES string of the molecule is CS(=O)(=O)N(Cc1ccccc1)C1CCC(C[C@@H]2CC[C@H]([C@H](O)c3cccc(F)c3)N2)CC1.Cl. The zero-order chi connectivity index (χ0) is 23.4. The summed E-state index contributed by atoms with van der Waals surface area (Å²) >= 11 is 0. The van der Waals surface area contributed by atoms with E-state index in [-0.39, 0.29) is 30.3 Å². The summed E-state index contributed by atoms with van der Waals surface area (Å²) in [5.74, 6) is 0.232. The van der Waals surface area contributed by atoms with Gasteiger partial charge in [0.25, 0.3) is 0 Å². The van der Waals surface area contributed by atoms with Crippen molar-refractivity contribution in [3.8, 4) is 0 Å². The Bertz CT molecular complexity index is 1020. The van der Waals surface area contributed by atoms with E-state index in [0.29, 0.717) is 24.1 Å². The maximum atomic E-state index is 13.5. The van der Waals surface area contributed by atoms with Gasteiger partial charge in [0.05, 0.1) is 12.4 Å². The van der Waals surface area contributed by atoms with E-state index in [1.54, 1.807) is 16.4 Å². The summed E-state index contributed by atoms with van der Waals surface area (Å²) in [6, 6.07) is 16.3. The fourth-order valence-corrected chi connectivity index (χ4v) is 6.70. The quantitative estimate of drug-likeness (QED) is 0.534. The van der Waals surface area contributed by atoms with Crippen LogP contribution in [0.4, 0.5) is 4.39 Å². The molecule has 1 saturated heterocycles. The molecule has 1 aliphatic carbocycles. The second-order valence-electron chi connectivity index (χ2n) is 9.75. The summed E-state index contributed by atoms with van der Waals surface area (Å²) in [4.78, 5) is 0. The van der Waals surface area contributed by atoms with E-state index < -0.39 is 16.1 Å². The average Bonchev–Trinajstić information content (AvgIpc) is 3.26. The Balaban J connectivity index is 0.00000324. The van der Waals surface area contributed by atoms with Crippen LogP contribution in [0.15, 0.2) is 54.6 Å². The van der Waals surface area contributed by atoms with Crippen molar-refractivity contribution < 1.29 is 17.9 Å². The van der Waals surface area contributed by atoms with Crippen LogP contribution in [0.1, 0.15) is 62.2 Å². The number of aliphatic hydroxyl groups excluding tert-OH is 1. The van der Waals surface area contributed by atoms with Gasteiger partial charge in [0.1, 0.15) is 5.82 Å². The number of halogens is 2. The molecule has 3 atom stereocenters. The Morgan fingerprint density at radius 2 is 1.74 bits per heavy atom. The van der Waals surface area contributed by atoms with Crippen LogP contribution < -0.4 is 5.32 Å². The second kappa shape index (κ2) is 12.0. The van der Waals surface area contributed by atoms with Crippen LogP contribution in [0.5, 0.6) is 0 Å². The van der Waals surface area contributed by atoms with Gasteiger partial charge in [-0.2, -0.15) is 4.31 Å². The highest BCUT2D eigenvalue weighted by Gasteiger charge is 2.35. The van der Waals surface area contributed by atoms with E-state index in [9.17, 15) is 17.9 Å². The summed E-state index contributed by atoms with van der Waals surface area (Å²) < 4.78 is 40.2. The van der Waals surface area contributed by atoms with Crippen LogP contribution in [0.2, 0.25) is 0 Å². The Morgan fingerprint density at radius 1 is 1.03 bits per heavy atom. The maximum absolute atomic E-state index is 13.5. The topological polar surface area (TPSA) is 69.6 Å².